The molecule has 8 heteroatoms. The molecule has 0 saturated carbocycles. The van der Waals surface area contributed by atoms with E-state index in [1.807, 2.05) is 42.5 Å². The number of hydrogen-bond acceptors (Lipinski definition) is 7. The summed E-state index contributed by atoms with van der Waals surface area (Å²) in [5.41, 5.74) is 3.19. The standard InChI is InChI=1S/C20H20N6OS/c1-2-3-7-15-10-12-17(13-11-15)26-20(22-24-25-26)28-14-18-21-19(23-27-18)16-8-5-4-6-9-16/h4-6,8-13H,2-3,7,14H2,1H3. The molecule has 2 aromatic carbocycles. The molecule has 0 bridgehead atoms. The number of unbranched alkanes of at least 4 members (excludes halogenated alkanes) is 1. The maximum Gasteiger partial charge on any atom is 0.237 e. The Morgan fingerprint density at radius 2 is 1.86 bits per heavy atom. The first-order chi connectivity index (χ1) is 13.8. The van der Waals surface area contributed by atoms with E-state index in [1.54, 1.807) is 4.68 Å². The molecule has 0 saturated heterocycles. The van der Waals surface area contributed by atoms with Gasteiger partial charge < -0.3 is 4.52 Å². The molecule has 4 aromatic rings. The molecule has 2 aromatic heterocycles. The van der Waals surface area contributed by atoms with E-state index in [-0.39, 0.29) is 0 Å². The maximum atomic E-state index is 5.36. The number of aryl methyl sites for hydroxylation is 1. The minimum atomic E-state index is 0.495. The minimum absolute atomic E-state index is 0.495. The van der Waals surface area contributed by atoms with Gasteiger partial charge in [0.25, 0.3) is 0 Å². The highest BCUT2D eigenvalue weighted by Gasteiger charge is 2.13. The van der Waals surface area contributed by atoms with Crippen molar-refractivity contribution in [2.45, 2.75) is 37.1 Å². The SMILES string of the molecule is CCCCc1ccc(-n2nnnc2SCc2nc(-c3ccccc3)no2)cc1. The van der Waals surface area contributed by atoms with E-state index in [1.165, 1.54) is 30.2 Å². The predicted molar refractivity (Wildman–Crippen MR) is 107 cm³/mol. The smallest absolute Gasteiger partial charge is 0.237 e. The summed E-state index contributed by atoms with van der Waals surface area (Å²) in [4.78, 5) is 4.45. The van der Waals surface area contributed by atoms with Gasteiger partial charge in [-0.1, -0.05) is 72.7 Å². The van der Waals surface area contributed by atoms with Gasteiger partial charge in [-0.2, -0.15) is 9.67 Å². The van der Waals surface area contributed by atoms with Crippen LogP contribution in [-0.2, 0) is 12.2 Å². The van der Waals surface area contributed by atoms with Crippen LogP contribution in [0, 0.1) is 0 Å². The Bertz CT molecular complexity index is 1010. The molecule has 0 aliphatic heterocycles. The first-order valence-electron chi connectivity index (χ1n) is 9.22. The largest absolute Gasteiger partial charge is 0.338 e. The van der Waals surface area contributed by atoms with E-state index in [0.717, 1.165) is 17.7 Å². The number of thioether (sulfide) groups is 1. The summed E-state index contributed by atoms with van der Waals surface area (Å²) < 4.78 is 7.08. The van der Waals surface area contributed by atoms with Crippen LogP contribution in [0.4, 0.5) is 0 Å². The lowest BCUT2D eigenvalue weighted by atomic mass is 10.1. The monoisotopic (exact) mass is 392 g/mol. The normalized spacial score (nSPS) is 11.0. The highest BCUT2D eigenvalue weighted by Crippen LogP contribution is 2.23. The van der Waals surface area contributed by atoms with E-state index in [4.69, 9.17) is 4.52 Å². The van der Waals surface area contributed by atoms with Crippen LogP contribution in [0.15, 0.2) is 64.3 Å². The molecule has 4 rings (SSSR count). The van der Waals surface area contributed by atoms with Gasteiger partial charge in [-0.3, -0.25) is 0 Å². The van der Waals surface area contributed by atoms with Crippen molar-refractivity contribution in [1.82, 2.24) is 30.3 Å². The number of tetrazole rings is 1. The quantitative estimate of drug-likeness (QED) is 0.412. The molecule has 142 valence electrons. The van der Waals surface area contributed by atoms with E-state index < -0.39 is 0 Å². The summed E-state index contributed by atoms with van der Waals surface area (Å²) >= 11 is 1.46. The van der Waals surface area contributed by atoms with Crippen molar-refractivity contribution in [3.63, 3.8) is 0 Å². The van der Waals surface area contributed by atoms with Gasteiger partial charge >= 0.3 is 0 Å². The second kappa shape index (κ2) is 8.79. The molecule has 0 radical (unpaired) electrons. The molecule has 0 fully saturated rings. The summed E-state index contributed by atoms with van der Waals surface area (Å²) in [7, 11) is 0. The highest BCUT2D eigenvalue weighted by atomic mass is 32.2. The molecule has 28 heavy (non-hydrogen) atoms. The van der Waals surface area contributed by atoms with Crippen molar-refractivity contribution < 1.29 is 4.52 Å². The summed E-state index contributed by atoms with van der Waals surface area (Å²) in [5, 5.41) is 16.8. The molecule has 0 aliphatic rings. The molecule has 7 nitrogen and oxygen atoms in total. The number of nitrogens with zero attached hydrogens (tertiary/aromatic N) is 6. The van der Waals surface area contributed by atoms with Crippen LogP contribution < -0.4 is 0 Å². The molecular weight excluding hydrogens is 372 g/mol. The summed E-state index contributed by atoms with van der Waals surface area (Å²) in [6, 6.07) is 18.1. The molecular formula is C20H20N6OS. The van der Waals surface area contributed by atoms with Crippen molar-refractivity contribution >= 4 is 11.8 Å². The van der Waals surface area contributed by atoms with Gasteiger partial charge in [0, 0.05) is 5.56 Å². The Balaban J connectivity index is 1.43. The lowest BCUT2D eigenvalue weighted by Crippen LogP contribution is -1.99. The maximum absolute atomic E-state index is 5.36. The molecule has 0 unspecified atom stereocenters. The Morgan fingerprint density at radius 3 is 2.64 bits per heavy atom. The van der Waals surface area contributed by atoms with Crippen molar-refractivity contribution in [1.29, 1.82) is 0 Å². The van der Waals surface area contributed by atoms with Gasteiger partial charge in [-0.15, -0.1) is 5.10 Å². The van der Waals surface area contributed by atoms with E-state index in [0.29, 0.717) is 22.6 Å². The van der Waals surface area contributed by atoms with E-state index >= 15 is 0 Å². The fraction of sp³-hybridized carbons (Fsp3) is 0.250. The topological polar surface area (TPSA) is 82.5 Å². The second-order valence-corrected chi connectivity index (χ2v) is 7.25. The fourth-order valence-corrected chi connectivity index (χ4v) is 3.49. The zero-order valence-corrected chi connectivity index (χ0v) is 16.3. The lowest BCUT2D eigenvalue weighted by Gasteiger charge is -2.05. The summed E-state index contributed by atoms with van der Waals surface area (Å²) in [5.74, 6) is 1.61. The van der Waals surface area contributed by atoms with E-state index in [9.17, 15) is 0 Å². The van der Waals surface area contributed by atoms with Crippen LogP contribution in [-0.4, -0.2) is 30.3 Å². The van der Waals surface area contributed by atoms with Crippen molar-refractivity contribution in [2.24, 2.45) is 0 Å². The molecule has 0 aliphatic carbocycles. The molecule has 0 atom stereocenters. The minimum Gasteiger partial charge on any atom is -0.338 e. The number of hydrogen-bond donors (Lipinski definition) is 0. The second-order valence-electron chi connectivity index (χ2n) is 6.31. The lowest BCUT2D eigenvalue weighted by molar-refractivity contribution is 0.391. The third-order valence-corrected chi connectivity index (χ3v) is 5.17. The van der Waals surface area contributed by atoms with E-state index in [2.05, 4.69) is 44.7 Å². The van der Waals surface area contributed by atoms with Crippen molar-refractivity contribution in [3.8, 4) is 17.1 Å². The first-order valence-corrected chi connectivity index (χ1v) is 10.2. The summed E-state index contributed by atoms with van der Waals surface area (Å²) in [6.07, 6.45) is 3.48. The van der Waals surface area contributed by atoms with Crippen LogP contribution in [0.25, 0.3) is 17.1 Å². The number of aromatic nitrogens is 6. The van der Waals surface area contributed by atoms with Gasteiger partial charge in [-0.25, -0.2) is 0 Å². The molecule has 0 spiro atoms. The van der Waals surface area contributed by atoms with Gasteiger partial charge in [0.15, 0.2) is 0 Å². The zero-order valence-electron chi connectivity index (χ0n) is 15.5. The van der Waals surface area contributed by atoms with Crippen LogP contribution in [0.1, 0.15) is 31.2 Å². The Morgan fingerprint density at radius 1 is 1.04 bits per heavy atom. The third kappa shape index (κ3) is 4.28. The summed E-state index contributed by atoms with van der Waals surface area (Å²) in [6.45, 7) is 2.20. The average Bonchev–Trinajstić information content (AvgIpc) is 3.41. The molecule has 0 N–H and O–H groups in total. The van der Waals surface area contributed by atoms with Gasteiger partial charge in [-0.05, 0) is 41.0 Å². The zero-order chi connectivity index (χ0) is 19.2. The number of benzene rings is 2. The van der Waals surface area contributed by atoms with Crippen molar-refractivity contribution in [3.05, 3.63) is 66.1 Å². The molecule has 2 heterocycles. The fourth-order valence-electron chi connectivity index (χ4n) is 2.76. The Hall–Kier alpha value is -3.00. The number of rotatable bonds is 8. The van der Waals surface area contributed by atoms with Crippen LogP contribution >= 0.6 is 11.8 Å². The van der Waals surface area contributed by atoms with Gasteiger partial charge in [0.2, 0.25) is 16.9 Å². The van der Waals surface area contributed by atoms with Crippen LogP contribution in [0.2, 0.25) is 0 Å². The predicted octanol–water partition coefficient (Wildman–Crippen LogP) is 4.35. The van der Waals surface area contributed by atoms with Crippen molar-refractivity contribution in [2.75, 3.05) is 0 Å². The first kappa shape index (κ1) is 18.4. The Kier molecular flexibility index (Phi) is 5.77. The third-order valence-electron chi connectivity index (χ3n) is 4.27. The average molecular weight is 392 g/mol. The van der Waals surface area contributed by atoms with Crippen LogP contribution in [0.3, 0.4) is 0 Å². The van der Waals surface area contributed by atoms with Crippen LogP contribution in [0.5, 0.6) is 0 Å². The molecule has 0 amide bonds. The van der Waals surface area contributed by atoms with Gasteiger partial charge in [0.05, 0.1) is 11.4 Å². The highest BCUT2D eigenvalue weighted by molar-refractivity contribution is 7.98. The van der Waals surface area contributed by atoms with Gasteiger partial charge in [0.1, 0.15) is 0 Å². The Labute approximate surface area is 167 Å².